The van der Waals surface area contributed by atoms with Crippen molar-refractivity contribution in [3.05, 3.63) is 63.8 Å². The zero-order valence-corrected chi connectivity index (χ0v) is 10.6. The van der Waals surface area contributed by atoms with Crippen molar-refractivity contribution in [3.8, 4) is 0 Å². The van der Waals surface area contributed by atoms with Crippen LogP contribution in [0.1, 0.15) is 30.9 Å². The summed E-state index contributed by atoms with van der Waals surface area (Å²) in [6, 6.07) is 11.4. The summed E-state index contributed by atoms with van der Waals surface area (Å²) in [6.45, 7) is 4.32. The zero-order chi connectivity index (χ0) is 13.2. The molecule has 0 saturated heterocycles. The van der Waals surface area contributed by atoms with Gasteiger partial charge in [0.05, 0.1) is 5.69 Å². The lowest BCUT2D eigenvalue weighted by Gasteiger charge is -2.24. The number of hydrogen-bond donors (Lipinski definition) is 2. The normalized spacial score (nSPS) is 11.5. The summed E-state index contributed by atoms with van der Waals surface area (Å²) in [5, 5.41) is 0. The van der Waals surface area contributed by atoms with Gasteiger partial charge in [0, 0.05) is 18.0 Å². The van der Waals surface area contributed by atoms with Crippen LogP contribution in [0.3, 0.4) is 0 Å². The Bertz CT molecular complexity index is 587. The highest BCUT2D eigenvalue weighted by atomic mass is 16.1. The summed E-state index contributed by atoms with van der Waals surface area (Å²) in [6.07, 6.45) is 0. The number of nitrogens with zero attached hydrogens (tertiary/aromatic N) is 1. The molecule has 1 aromatic carbocycles. The fraction of sp³-hybridized carbons (Fsp3) is 0.286. The number of aromatic amines is 1. The Kier molecular flexibility index (Phi) is 3.30. The third kappa shape index (κ3) is 2.33. The van der Waals surface area contributed by atoms with Gasteiger partial charge in [-0.2, -0.15) is 0 Å². The Morgan fingerprint density at radius 3 is 2.56 bits per heavy atom. The van der Waals surface area contributed by atoms with Crippen molar-refractivity contribution in [1.82, 2.24) is 9.97 Å². The Morgan fingerprint density at radius 1 is 1.28 bits per heavy atom. The largest absolute Gasteiger partial charge is 0.325 e. The third-order valence-electron chi connectivity index (χ3n) is 3.09. The van der Waals surface area contributed by atoms with Gasteiger partial charge in [0.25, 0.3) is 5.56 Å². The first-order valence-corrected chi connectivity index (χ1v) is 5.90. The Morgan fingerprint density at radius 2 is 1.94 bits per heavy atom. The molecule has 0 unspecified atom stereocenters. The first-order chi connectivity index (χ1) is 8.54. The lowest BCUT2D eigenvalue weighted by molar-refractivity contribution is 0.581. The van der Waals surface area contributed by atoms with E-state index in [0.717, 1.165) is 5.56 Å². The molecule has 1 heterocycles. The van der Waals surface area contributed by atoms with Crippen LogP contribution in [-0.4, -0.2) is 9.97 Å². The molecule has 1 aromatic heterocycles. The number of aromatic nitrogens is 2. The maximum Gasteiger partial charge on any atom is 0.251 e. The van der Waals surface area contributed by atoms with Crippen LogP contribution < -0.4 is 11.3 Å². The smallest absolute Gasteiger partial charge is 0.251 e. The van der Waals surface area contributed by atoms with Gasteiger partial charge in [-0.1, -0.05) is 30.3 Å². The lowest BCUT2D eigenvalue weighted by Crippen LogP contribution is -2.27. The number of nitrogens with two attached hydrogens (primary N) is 1. The first-order valence-electron chi connectivity index (χ1n) is 5.90. The maximum atomic E-state index is 11.6. The van der Waals surface area contributed by atoms with Crippen LogP contribution in [0.15, 0.2) is 41.2 Å². The molecular formula is C14H17N3O. The van der Waals surface area contributed by atoms with Gasteiger partial charge >= 0.3 is 0 Å². The third-order valence-corrected chi connectivity index (χ3v) is 3.09. The van der Waals surface area contributed by atoms with Gasteiger partial charge in [-0.05, 0) is 19.4 Å². The second-order valence-corrected chi connectivity index (χ2v) is 4.78. The fourth-order valence-corrected chi connectivity index (χ4v) is 1.90. The van der Waals surface area contributed by atoms with Crippen molar-refractivity contribution in [2.75, 3.05) is 0 Å². The van der Waals surface area contributed by atoms with Crippen LogP contribution in [0.4, 0.5) is 0 Å². The number of hydrogen-bond acceptors (Lipinski definition) is 3. The minimum Gasteiger partial charge on any atom is -0.325 e. The Balaban J connectivity index is 2.54. The average Bonchev–Trinajstić information content (AvgIpc) is 2.39. The zero-order valence-electron chi connectivity index (χ0n) is 10.6. The predicted octanol–water partition coefficient (Wildman–Crippen LogP) is 1.55. The van der Waals surface area contributed by atoms with E-state index in [1.54, 1.807) is 0 Å². The quantitative estimate of drug-likeness (QED) is 0.859. The Hall–Kier alpha value is -1.94. The van der Waals surface area contributed by atoms with Crippen molar-refractivity contribution in [1.29, 1.82) is 0 Å². The number of nitrogens with one attached hydrogen (secondary N) is 1. The van der Waals surface area contributed by atoms with Crippen LogP contribution in [-0.2, 0) is 12.0 Å². The van der Waals surface area contributed by atoms with E-state index < -0.39 is 0 Å². The molecule has 0 bridgehead atoms. The molecule has 0 atom stereocenters. The molecule has 18 heavy (non-hydrogen) atoms. The maximum absolute atomic E-state index is 11.6. The molecule has 2 aromatic rings. The van der Waals surface area contributed by atoms with Gasteiger partial charge in [0.1, 0.15) is 5.82 Å². The van der Waals surface area contributed by atoms with E-state index in [4.69, 9.17) is 5.73 Å². The lowest BCUT2D eigenvalue weighted by atomic mass is 9.84. The van der Waals surface area contributed by atoms with Gasteiger partial charge < -0.3 is 10.7 Å². The van der Waals surface area contributed by atoms with Crippen LogP contribution in [0, 0.1) is 0 Å². The molecule has 4 nitrogen and oxygen atoms in total. The van der Waals surface area contributed by atoms with E-state index >= 15 is 0 Å². The van der Waals surface area contributed by atoms with Gasteiger partial charge in [-0.15, -0.1) is 0 Å². The highest BCUT2D eigenvalue weighted by Crippen LogP contribution is 2.27. The molecule has 3 N–H and O–H groups in total. The van der Waals surface area contributed by atoms with E-state index in [1.165, 1.54) is 6.07 Å². The molecule has 94 valence electrons. The topological polar surface area (TPSA) is 71.8 Å². The monoisotopic (exact) mass is 243 g/mol. The molecule has 0 spiro atoms. The number of rotatable bonds is 3. The molecule has 0 radical (unpaired) electrons. The van der Waals surface area contributed by atoms with Gasteiger partial charge in [-0.25, -0.2) is 4.98 Å². The van der Waals surface area contributed by atoms with E-state index in [0.29, 0.717) is 11.5 Å². The van der Waals surface area contributed by atoms with Gasteiger partial charge in [0.15, 0.2) is 0 Å². The molecule has 0 amide bonds. The van der Waals surface area contributed by atoms with Crippen LogP contribution in [0.25, 0.3) is 0 Å². The summed E-state index contributed by atoms with van der Waals surface area (Å²) in [5.41, 5.74) is 6.74. The van der Waals surface area contributed by atoms with Crippen molar-refractivity contribution in [2.24, 2.45) is 5.73 Å². The molecular weight excluding hydrogens is 226 g/mol. The van der Waals surface area contributed by atoms with Crippen LogP contribution in [0.2, 0.25) is 0 Å². The van der Waals surface area contributed by atoms with E-state index in [9.17, 15) is 4.79 Å². The molecule has 0 aliphatic heterocycles. The summed E-state index contributed by atoms with van der Waals surface area (Å²) < 4.78 is 0. The molecule has 0 aliphatic rings. The van der Waals surface area contributed by atoms with Crippen LogP contribution in [0.5, 0.6) is 0 Å². The van der Waals surface area contributed by atoms with Gasteiger partial charge in [0.2, 0.25) is 0 Å². The molecule has 0 aliphatic carbocycles. The summed E-state index contributed by atoms with van der Waals surface area (Å²) in [4.78, 5) is 18.8. The van der Waals surface area contributed by atoms with E-state index in [1.807, 2.05) is 44.2 Å². The van der Waals surface area contributed by atoms with E-state index in [2.05, 4.69) is 9.97 Å². The van der Waals surface area contributed by atoms with Crippen molar-refractivity contribution < 1.29 is 0 Å². The molecule has 0 fully saturated rings. The van der Waals surface area contributed by atoms with Gasteiger partial charge in [-0.3, -0.25) is 4.79 Å². The first kappa shape index (κ1) is 12.5. The second-order valence-electron chi connectivity index (χ2n) is 4.78. The minimum atomic E-state index is -0.356. The van der Waals surface area contributed by atoms with E-state index in [-0.39, 0.29) is 17.5 Å². The highest BCUT2D eigenvalue weighted by Gasteiger charge is 2.25. The van der Waals surface area contributed by atoms with Crippen molar-refractivity contribution >= 4 is 0 Å². The predicted molar refractivity (Wildman–Crippen MR) is 71.3 cm³/mol. The minimum absolute atomic E-state index is 0.163. The molecule has 2 rings (SSSR count). The number of benzene rings is 1. The second kappa shape index (κ2) is 4.74. The average molecular weight is 243 g/mol. The molecule has 4 heteroatoms. The van der Waals surface area contributed by atoms with Crippen molar-refractivity contribution in [3.63, 3.8) is 0 Å². The summed E-state index contributed by atoms with van der Waals surface area (Å²) >= 11 is 0. The SMILES string of the molecule is CC(C)(c1ccccc1)c1nc(CN)cc(=O)[nH]1. The summed E-state index contributed by atoms with van der Waals surface area (Å²) in [5.74, 6) is 0.640. The highest BCUT2D eigenvalue weighted by molar-refractivity contribution is 5.30. The number of H-pyrrole nitrogens is 1. The fourth-order valence-electron chi connectivity index (χ4n) is 1.90. The molecule has 0 saturated carbocycles. The van der Waals surface area contributed by atoms with Crippen LogP contribution >= 0.6 is 0 Å². The van der Waals surface area contributed by atoms with Crippen molar-refractivity contribution in [2.45, 2.75) is 25.8 Å². The Labute approximate surface area is 106 Å². The summed E-state index contributed by atoms with van der Waals surface area (Å²) in [7, 11) is 0. The standard InChI is InChI=1S/C14H17N3O/c1-14(2,10-6-4-3-5-7-10)13-16-11(9-15)8-12(18)17-13/h3-8H,9,15H2,1-2H3,(H,16,17,18).